The fourth-order valence-corrected chi connectivity index (χ4v) is 5.03. The Labute approximate surface area is 206 Å². The minimum atomic E-state index is -4.17. The molecule has 0 fully saturated rings. The van der Waals surface area contributed by atoms with Crippen molar-refractivity contribution < 1.29 is 17.9 Å². The molecule has 3 aromatic carbocycles. The Morgan fingerprint density at radius 1 is 1.00 bits per heavy atom. The third kappa shape index (κ3) is 5.01. The van der Waals surface area contributed by atoms with E-state index in [1.807, 2.05) is 30.3 Å². The number of nitrogens with zero attached hydrogens (tertiary/aromatic N) is 1. The van der Waals surface area contributed by atoms with Gasteiger partial charge in [-0.15, -0.1) is 0 Å². The van der Waals surface area contributed by atoms with Crippen molar-refractivity contribution in [3.63, 3.8) is 0 Å². The number of aromatic nitrogens is 2. The number of H-pyrrole nitrogens is 1. The summed E-state index contributed by atoms with van der Waals surface area (Å²) in [6, 6.07) is 18.2. The molecule has 0 bridgehead atoms. The van der Waals surface area contributed by atoms with Gasteiger partial charge < -0.3 is 15.0 Å². The third-order valence-electron chi connectivity index (χ3n) is 4.78. The topological polar surface area (TPSA) is 113 Å². The molecule has 0 aliphatic heterocycles. The van der Waals surface area contributed by atoms with E-state index in [0.29, 0.717) is 5.82 Å². The fraction of sp³-hybridized carbons (Fsp3) is 0.0435. The number of halogens is 2. The molecule has 1 aromatic heterocycles. The van der Waals surface area contributed by atoms with Gasteiger partial charge >= 0.3 is 0 Å². The lowest BCUT2D eigenvalue weighted by Crippen LogP contribution is -2.16. The number of anilines is 2. The molecule has 11 heteroatoms. The van der Waals surface area contributed by atoms with Gasteiger partial charge in [0.2, 0.25) is 0 Å². The van der Waals surface area contributed by atoms with Gasteiger partial charge in [-0.2, -0.15) is 0 Å². The van der Waals surface area contributed by atoms with Crippen molar-refractivity contribution >= 4 is 50.5 Å². The number of ether oxygens (including phenoxy) is 1. The Bertz CT molecular complexity index is 1440. The molecule has 0 unspecified atom stereocenters. The van der Waals surface area contributed by atoms with Gasteiger partial charge in [0.1, 0.15) is 22.2 Å². The molecule has 0 spiro atoms. The number of para-hydroxylation sites is 1. The van der Waals surface area contributed by atoms with E-state index in [1.54, 1.807) is 6.07 Å². The van der Waals surface area contributed by atoms with Crippen LogP contribution in [0.15, 0.2) is 77.8 Å². The van der Waals surface area contributed by atoms with Crippen LogP contribution >= 0.6 is 23.2 Å². The average molecular weight is 517 g/mol. The van der Waals surface area contributed by atoms with Gasteiger partial charge in [-0.3, -0.25) is 9.52 Å². The summed E-state index contributed by atoms with van der Waals surface area (Å²) in [4.78, 5) is 19.7. The molecule has 0 radical (unpaired) electrons. The SMILES string of the molecule is COc1ccc(NC(=O)c2cnc(-c3ccccc3)[nH]2)cc1S(=O)(=O)Nc1c(Cl)cccc1Cl. The molecular weight excluding hydrogens is 499 g/mol. The van der Waals surface area contributed by atoms with Gasteiger partial charge in [-0.05, 0) is 30.3 Å². The summed E-state index contributed by atoms with van der Waals surface area (Å²) in [5.41, 5.74) is 1.30. The first kappa shape index (κ1) is 23.6. The van der Waals surface area contributed by atoms with Crippen LogP contribution < -0.4 is 14.8 Å². The number of carbonyl (C=O) groups is 1. The first-order chi connectivity index (χ1) is 16.3. The number of amides is 1. The molecule has 0 aliphatic carbocycles. The number of hydrogen-bond acceptors (Lipinski definition) is 5. The average Bonchev–Trinajstić information content (AvgIpc) is 3.33. The number of sulfonamides is 1. The molecule has 1 amide bonds. The maximum Gasteiger partial charge on any atom is 0.273 e. The van der Waals surface area contributed by atoms with E-state index in [4.69, 9.17) is 27.9 Å². The lowest BCUT2D eigenvalue weighted by Gasteiger charge is -2.15. The molecule has 174 valence electrons. The second-order valence-corrected chi connectivity index (χ2v) is 9.50. The lowest BCUT2D eigenvalue weighted by molar-refractivity contribution is 0.102. The van der Waals surface area contributed by atoms with Crippen LogP contribution in [0.25, 0.3) is 11.4 Å². The highest BCUT2D eigenvalue weighted by Gasteiger charge is 2.23. The van der Waals surface area contributed by atoms with Crippen LogP contribution in [0.2, 0.25) is 10.0 Å². The second-order valence-electron chi connectivity index (χ2n) is 7.03. The van der Waals surface area contributed by atoms with Gasteiger partial charge in [0, 0.05) is 11.3 Å². The van der Waals surface area contributed by atoms with Crippen LogP contribution in [0.3, 0.4) is 0 Å². The molecule has 4 aromatic rings. The van der Waals surface area contributed by atoms with E-state index >= 15 is 0 Å². The number of benzene rings is 3. The smallest absolute Gasteiger partial charge is 0.273 e. The van der Waals surface area contributed by atoms with Crippen molar-refractivity contribution in [2.45, 2.75) is 4.90 Å². The largest absolute Gasteiger partial charge is 0.495 e. The summed E-state index contributed by atoms with van der Waals surface area (Å²) < 4.78 is 33.8. The number of rotatable bonds is 7. The lowest BCUT2D eigenvalue weighted by atomic mass is 10.2. The van der Waals surface area contributed by atoms with Crippen molar-refractivity contribution in [3.8, 4) is 17.1 Å². The van der Waals surface area contributed by atoms with Crippen LogP contribution in [0.1, 0.15) is 10.5 Å². The zero-order valence-electron chi connectivity index (χ0n) is 17.7. The molecule has 8 nitrogen and oxygen atoms in total. The van der Waals surface area contributed by atoms with E-state index in [-0.39, 0.29) is 37.8 Å². The summed E-state index contributed by atoms with van der Waals surface area (Å²) in [6.45, 7) is 0. The van der Waals surface area contributed by atoms with E-state index in [2.05, 4.69) is 20.0 Å². The van der Waals surface area contributed by atoms with E-state index in [1.165, 1.54) is 43.6 Å². The first-order valence-electron chi connectivity index (χ1n) is 9.85. The minimum Gasteiger partial charge on any atom is -0.495 e. The third-order valence-corrected chi connectivity index (χ3v) is 6.78. The van der Waals surface area contributed by atoms with E-state index in [9.17, 15) is 13.2 Å². The van der Waals surface area contributed by atoms with Gasteiger partial charge in [0.25, 0.3) is 15.9 Å². The summed E-state index contributed by atoms with van der Waals surface area (Å²) in [5.74, 6) is 0.108. The minimum absolute atomic E-state index is 0.0354. The van der Waals surface area contributed by atoms with Gasteiger partial charge in [-0.25, -0.2) is 13.4 Å². The van der Waals surface area contributed by atoms with Crippen LogP contribution in [0.5, 0.6) is 5.75 Å². The van der Waals surface area contributed by atoms with Crippen molar-refractivity contribution in [3.05, 3.63) is 88.7 Å². The van der Waals surface area contributed by atoms with E-state index in [0.717, 1.165) is 5.56 Å². The molecule has 3 N–H and O–H groups in total. The maximum absolute atomic E-state index is 13.1. The molecule has 4 rings (SSSR count). The monoisotopic (exact) mass is 516 g/mol. The van der Waals surface area contributed by atoms with Crippen LogP contribution in [-0.4, -0.2) is 31.4 Å². The van der Waals surface area contributed by atoms with Crippen LogP contribution in [0.4, 0.5) is 11.4 Å². The quantitative estimate of drug-likeness (QED) is 0.302. The number of imidazole rings is 1. The molecule has 34 heavy (non-hydrogen) atoms. The predicted octanol–water partition coefficient (Wildman–Crippen LogP) is 5.45. The summed E-state index contributed by atoms with van der Waals surface area (Å²) in [6.07, 6.45) is 1.40. The van der Waals surface area contributed by atoms with Crippen molar-refractivity contribution in [1.29, 1.82) is 0 Å². The molecule has 0 atom stereocenters. The fourth-order valence-electron chi connectivity index (χ4n) is 3.13. The highest BCUT2D eigenvalue weighted by atomic mass is 35.5. The van der Waals surface area contributed by atoms with Gasteiger partial charge in [-0.1, -0.05) is 59.6 Å². The van der Waals surface area contributed by atoms with Crippen LogP contribution in [-0.2, 0) is 10.0 Å². The van der Waals surface area contributed by atoms with Gasteiger partial charge in [0.15, 0.2) is 0 Å². The molecule has 0 saturated carbocycles. The number of methoxy groups -OCH3 is 1. The Balaban J connectivity index is 1.60. The van der Waals surface area contributed by atoms with Gasteiger partial charge in [0.05, 0.1) is 29.0 Å². The summed E-state index contributed by atoms with van der Waals surface area (Å²) in [5, 5.41) is 2.93. The highest BCUT2D eigenvalue weighted by molar-refractivity contribution is 7.92. The number of carbonyl (C=O) groups excluding carboxylic acids is 1. The van der Waals surface area contributed by atoms with Crippen LogP contribution in [0, 0.1) is 0 Å². The Morgan fingerprint density at radius 3 is 2.38 bits per heavy atom. The normalized spacial score (nSPS) is 11.1. The number of hydrogen-bond donors (Lipinski definition) is 3. The molecule has 1 heterocycles. The zero-order valence-corrected chi connectivity index (χ0v) is 20.0. The predicted molar refractivity (Wildman–Crippen MR) is 132 cm³/mol. The second kappa shape index (κ2) is 9.76. The number of aromatic amines is 1. The van der Waals surface area contributed by atoms with Crippen molar-refractivity contribution in [2.24, 2.45) is 0 Å². The zero-order chi connectivity index (χ0) is 24.3. The Kier molecular flexibility index (Phi) is 6.78. The van der Waals surface area contributed by atoms with Crippen molar-refractivity contribution in [2.75, 3.05) is 17.1 Å². The van der Waals surface area contributed by atoms with E-state index < -0.39 is 15.9 Å². The Hall–Kier alpha value is -3.53. The standard InChI is InChI=1S/C23H18Cl2N4O4S/c1-33-19-11-10-15(12-20(19)34(31,32)29-21-16(24)8-5-9-17(21)25)27-23(30)18-13-26-22(28-18)14-6-3-2-4-7-14/h2-13,29H,1H3,(H,26,28)(H,27,30). The molecular formula is C23H18Cl2N4O4S. The first-order valence-corrected chi connectivity index (χ1v) is 12.1. The summed E-state index contributed by atoms with van der Waals surface area (Å²) >= 11 is 12.2. The van der Waals surface area contributed by atoms with Crippen molar-refractivity contribution in [1.82, 2.24) is 9.97 Å². The Morgan fingerprint density at radius 2 is 1.71 bits per heavy atom. The highest BCUT2D eigenvalue weighted by Crippen LogP contribution is 2.34. The molecule has 0 aliphatic rings. The number of nitrogens with one attached hydrogen (secondary N) is 3. The maximum atomic E-state index is 13.1. The molecule has 0 saturated heterocycles. The summed E-state index contributed by atoms with van der Waals surface area (Å²) in [7, 11) is -2.83.